The summed E-state index contributed by atoms with van der Waals surface area (Å²) < 4.78 is 0.742. The molecule has 2 atom stereocenters. The Morgan fingerprint density at radius 3 is 2.67 bits per heavy atom. The Hall–Kier alpha value is -0.620. The lowest BCUT2D eigenvalue weighted by molar-refractivity contribution is 0.0189. The van der Waals surface area contributed by atoms with Crippen molar-refractivity contribution in [1.29, 1.82) is 0 Å². The number of aliphatic hydroxyl groups is 2. The third kappa shape index (κ3) is 3.17. The monoisotopic (exact) mass is 275 g/mol. The molecule has 15 heavy (non-hydrogen) atoms. The van der Waals surface area contributed by atoms with Gasteiger partial charge in [0.05, 0.1) is 6.10 Å². The predicted octanol–water partition coefficient (Wildman–Crippen LogP) is 0.768. The normalized spacial score (nSPS) is 14.9. The fourth-order valence-corrected chi connectivity index (χ4v) is 1.67. The Morgan fingerprint density at radius 2 is 2.07 bits per heavy atom. The number of hydrogen-bond donors (Lipinski definition) is 4. The number of nitrogens with one attached hydrogen (secondary N) is 1. The molecular formula is C10H14BrNO3. The Balaban J connectivity index is 2.89. The van der Waals surface area contributed by atoms with Crippen LogP contribution in [0.3, 0.4) is 0 Å². The number of aliphatic hydroxyl groups excluding tert-OH is 2. The Bertz CT molecular complexity index is 332. The minimum Gasteiger partial charge on any atom is -0.508 e. The number of benzene rings is 1. The molecule has 1 aromatic rings. The average molecular weight is 276 g/mol. The zero-order chi connectivity index (χ0) is 11.4. The number of phenols is 1. The van der Waals surface area contributed by atoms with Crippen LogP contribution in [0.5, 0.6) is 5.75 Å². The van der Waals surface area contributed by atoms with Crippen LogP contribution in [0.2, 0.25) is 0 Å². The van der Waals surface area contributed by atoms with Crippen LogP contribution in [0, 0.1) is 0 Å². The smallest absolute Gasteiger partial charge is 0.121 e. The molecule has 0 amide bonds. The lowest BCUT2D eigenvalue weighted by Crippen LogP contribution is -2.29. The van der Waals surface area contributed by atoms with Gasteiger partial charge in [0.25, 0.3) is 0 Å². The first-order valence-corrected chi connectivity index (χ1v) is 5.34. The van der Waals surface area contributed by atoms with Gasteiger partial charge in [0.1, 0.15) is 11.9 Å². The van der Waals surface area contributed by atoms with E-state index >= 15 is 0 Å². The van der Waals surface area contributed by atoms with E-state index in [1.165, 1.54) is 6.07 Å². The van der Waals surface area contributed by atoms with E-state index in [0.29, 0.717) is 5.56 Å². The largest absolute Gasteiger partial charge is 0.508 e. The van der Waals surface area contributed by atoms with E-state index < -0.39 is 12.2 Å². The van der Waals surface area contributed by atoms with E-state index in [2.05, 4.69) is 21.2 Å². The third-order valence-corrected chi connectivity index (χ3v) is 2.58. The van der Waals surface area contributed by atoms with Crippen LogP contribution in [-0.2, 0) is 0 Å². The average Bonchev–Trinajstić information content (AvgIpc) is 2.21. The summed E-state index contributed by atoms with van der Waals surface area (Å²) in [5.74, 6) is -0.0270. The molecule has 2 unspecified atom stereocenters. The molecule has 1 aromatic carbocycles. The van der Waals surface area contributed by atoms with Crippen LogP contribution >= 0.6 is 15.9 Å². The van der Waals surface area contributed by atoms with Gasteiger partial charge in [-0.2, -0.15) is 0 Å². The van der Waals surface area contributed by atoms with Crippen LogP contribution in [0.4, 0.5) is 0 Å². The zero-order valence-electron chi connectivity index (χ0n) is 8.31. The van der Waals surface area contributed by atoms with Crippen LogP contribution in [0.15, 0.2) is 22.7 Å². The Kier molecular flexibility index (Phi) is 4.53. The SMILES string of the molecule is CNCC(O)C(O)c1cc(Br)ccc1O. The highest BCUT2D eigenvalue weighted by Gasteiger charge is 2.20. The van der Waals surface area contributed by atoms with Crippen molar-refractivity contribution in [3.8, 4) is 5.75 Å². The third-order valence-electron chi connectivity index (χ3n) is 2.09. The molecule has 0 radical (unpaired) electrons. The quantitative estimate of drug-likeness (QED) is 0.655. The van der Waals surface area contributed by atoms with Crippen molar-refractivity contribution in [3.63, 3.8) is 0 Å². The predicted molar refractivity (Wildman–Crippen MR) is 60.7 cm³/mol. The number of likely N-dealkylation sites (N-methyl/N-ethyl adjacent to an activating group) is 1. The zero-order valence-corrected chi connectivity index (χ0v) is 9.90. The van der Waals surface area contributed by atoms with Crippen LogP contribution in [0.25, 0.3) is 0 Å². The van der Waals surface area contributed by atoms with E-state index in [0.717, 1.165) is 4.47 Å². The van der Waals surface area contributed by atoms with Gasteiger partial charge in [-0.25, -0.2) is 0 Å². The summed E-state index contributed by atoms with van der Waals surface area (Å²) in [7, 11) is 1.68. The first-order chi connectivity index (χ1) is 7.06. The number of rotatable bonds is 4. The summed E-state index contributed by atoms with van der Waals surface area (Å²) in [6.45, 7) is 0.257. The lowest BCUT2D eigenvalue weighted by atomic mass is 10.0. The van der Waals surface area contributed by atoms with Crippen molar-refractivity contribution >= 4 is 15.9 Å². The van der Waals surface area contributed by atoms with Gasteiger partial charge in [-0.1, -0.05) is 15.9 Å². The van der Waals surface area contributed by atoms with Crippen LogP contribution < -0.4 is 5.32 Å². The molecule has 0 fully saturated rings. The molecule has 4 nitrogen and oxygen atoms in total. The molecule has 1 rings (SSSR count). The maximum Gasteiger partial charge on any atom is 0.121 e. The van der Waals surface area contributed by atoms with Gasteiger partial charge in [-0.15, -0.1) is 0 Å². The molecular weight excluding hydrogens is 262 g/mol. The molecule has 0 saturated carbocycles. The van der Waals surface area contributed by atoms with Crippen molar-refractivity contribution in [1.82, 2.24) is 5.32 Å². The molecule has 0 aliphatic heterocycles. The summed E-state index contributed by atoms with van der Waals surface area (Å²) in [5, 5.41) is 31.6. The van der Waals surface area contributed by atoms with Crippen molar-refractivity contribution in [2.24, 2.45) is 0 Å². The highest BCUT2D eigenvalue weighted by atomic mass is 79.9. The molecule has 0 heterocycles. The summed E-state index contributed by atoms with van der Waals surface area (Å²) in [6, 6.07) is 4.71. The minimum atomic E-state index is -1.10. The lowest BCUT2D eigenvalue weighted by Gasteiger charge is -2.18. The van der Waals surface area contributed by atoms with Gasteiger partial charge in [0.15, 0.2) is 0 Å². The van der Waals surface area contributed by atoms with Gasteiger partial charge >= 0.3 is 0 Å². The van der Waals surface area contributed by atoms with Gasteiger partial charge < -0.3 is 20.6 Å². The number of halogens is 1. The van der Waals surface area contributed by atoms with Crippen LogP contribution in [-0.4, -0.2) is 35.0 Å². The Labute approximate surface area is 96.7 Å². The second-order valence-electron chi connectivity index (χ2n) is 3.27. The first-order valence-electron chi connectivity index (χ1n) is 4.55. The number of hydrogen-bond acceptors (Lipinski definition) is 4. The van der Waals surface area contributed by atoms with E-state index in [1.54, 1.807) is 19.2 Å². The molecule has 0 saturated heterocycles. The molecule has 0 bridgehead atoms. The van der Waals surface area contributed by atoms with E-state index in [-0.39, 0.29) is 12.3 Å². The second kappa shape index (κ2) is 5.46. The fraction of sp³-hybridized carbons (Fsp3) is 0.400. The first kappa shape index (κ1) is 12.4. The fourth-order valence-electron chi connectivity index (χ4n) is 1.29. The molecule has 0 spiro atoms. The molecule has 84 valence electrons. The number of phenolic OH excluding ortho intramolecular Hbond substituents is 1. The highest BCUT2D eigenvalue weighted by Crippen LogP contribution is 2.29. The summed E-state index contributed by atoms with van der Waals surface area (Å²) in [6.07, 6.45) is -2.05. The Morgan fingerprint density at radius 1 is 1.40 bits per heavy atom. The van der Waals surface area contributed by atoms with E-state index in [4.69, 9.17) is 0 Å². The number of aromatic hydroxyl groups is 1. The van der Waals surface area contributed by atoms with E-state index in [9.17, 15) is 15.3 Å². The van der Waals surface area contributed by atoms with E-state index in [1.807, 2.05) is 0 Å². The topological polar surface area (TPSA) is 72.7 Å². The highest BCUT2D eigenvalue weighted by molar-refractivity contribution is 9.10. The van der Waals surface area contributed by atoms with Crippen LogP contribution in [0.1, 0.15) is 11.7 Å². The maximum atomic E-state index is 9.75. The summed E-state index contributed by atoms with van der Waals surface area (Å²) in [4.78, 5) is 0. The van der Waals surface area contributed by atoms with Crippen molar-refractivity contribution < 1.29 is 15.3 Å². The van der Waals surface area contributed by atoms with Gasteiger partial charge in [0.2, 0.25) is 0 Å². The standard InChI is InChI=1S/C10H14BrNO3/c1-12-5-9(14)10(15)7-4-6(11)2-3-8(7)13/h2-4,9-10,12-15H,5H2,1H3. The van der Waals surface area contributed by atoms with Crippen molar-refractivity contribution in [3.05, 3.63) is 28.2 Å². The maximum absolute atomic E-state index is 9.75. The minimum absolute atomic E-state index is 0.0270. The molecule has 0 aromatic heterocycles. The van der Waals surface area contributed by atoms with Gasteiger partial charge in [-0.3, -0.25) is 0 Å². The van der Waals surface area contributed by atoms with Gasteiger partial charge in [-0.05, 0) is 25.2 Å². The second-order valence-corrected chi connectivity index (χ2v) is 4.19. The van der Waals surface area contributed by atoms with Gasteiger partial charge in [0, 0.05) is 16.6 Å². The molecule has 5 heteroatoms. The van der Waals surface area contributed by atoms with Crippen molar-refractivity contribution in [2.75, 3.05) is 13.6 Å². The molecule has 0 aliphatic rings. The molecule has 4 N–H and O–H groups in total. The summed E-state index contributed by atoms with van der Waals surface area (Å²) in [5.41, 5.74) is 0.312. The van der Waals surface area contributed by atoms with Crippen molar-refractivity contribution in [2.45, 2.75) is 12.2 Å². The summed E-state index contributed by atoms with van der Waals surface area (Å²) >= 11 is 3.23. The molecule has 0 aliphatic carbocycles.